The molecule has 0 fully saturated rings. The molecule has 2 amide bonds. The Morgan fingerprint density at radius 2 is 1.68 bits per heavy atom. The molecule has 0 saturated heterocycles. The monoisotopic (exact) mass is 318 g/mol. The second-order valence-corrected chi connectivity index (χ2v) is 4.99. The Labute approximate surface area is 133 Å². The molecule has 2 aromatic rings. The molecule has 2 rings (SSSR count). The smallest absolute Gasteiger partial charge is 0.255 e. The van der Waals surface area contributed by atoms with E-state index in [2.05, 4.69) is 5.32 Å². The Morgan fingerprint density at radius 3 is 2.27 bits per heavy atom. The molecule has 0 unspecified atom stereocenters. The van der Waals surface area contributed by atoms with Gasteiger partial charge in [-0.2, -0.15) is 0 Å². The average molecular weight is 319 g/mol. The molecule has 0 aromatic heterocycles. The normalized spacial score (nSPS) is 10.0. The Balaban J connectivity index is 1.91. The van der Waals surface area contributed by atoms with Crippen molar-refractivity contribution >= 4 is 29.1 Å². The number of benzene rings is 2. The summed E-state index contributed by atoms with van der Waals surface area (Å²) >= 11 is 5.78. The lowest BCUT2D eigenvalue weighted by molar-refractivity contribution is -0.118. The van der Waals surface area contributed by atoms with Crippen molar-refractivity contribution in [1.82, 2.24) is 0 Å². The van der Waals surface area contributed by atoms with Gasteiger partial charge in [-0.05, 0) is 48.5 Å². The maximum Gasteiger partial charge on any atom is 0.255 e. The predicted molar refractivity (Wildman–Crippen MR) is 85.2 cm³/mol. The van der Waals surface area contributed by atoms with Crippen LogP contribution in [0.25, 0.3) is 0 Å². The Bertz CT molecular complexity index is 654. The van der Waals surface area contributed by atoms with Crippen LogP contribution < -0.4 is 15.8 Å². The molecule has 0 bridgehead atoms. The van der Waals surface area contributed by atoms with Crippen molar-refractivity contribution < 1.29 is 14.3 Å². The highest BCUT2D eigenvalue weighted by molar-refractivity contribution is 6.30. The molecule has 0 radical (unpaired) electrons. The second kappa shape index (κ2) is 7.47. The largest absolute Gasteiger partial charge is 0.493 e. The molecule has 2 aromatic carbocycles. The zero-order chi connectivity index (χ0) is 15.9. The van der Waals surface area contributed by atoms with Crippen molar-refractivity contribution in [2.45, 2.75) is 6.42 Å². The van der Waals surface area contributed by atoms with Crippen molar-refractivity contribution in [2.24, 2.45) is 5.73 Å². The minimum Gasteiger partial charge on any atom is -0.493 e. The molecule has 0 aliphatic heterocycles. The van der Waals surface area contributed by atoms with Gasteiger partial charge in [-0.3, -0.25) is 9.59 Å². The van der Waals surface area contributed by atoms with Gasteiger partial charge in [0.25, 0.3) is 5.91 Å². The van der Waals surface area contributed by atoms with E-state index in [-0.39, 0.29) is 18.9 Å². The van der Waals surface area contributed by atoms with Crippen LogP contribution in [0.3, 0.4) is 0 Å². The molecule has 114 valence electrons. The van der Waals surface area contributed by atoms with Crippen LogP contribution in [-0.4, -0.2) is 18.4 Å². The SMILES string of the molecule is NC(=O)CCOc1ccc(NC(=O)c2ccc(Cl)cc2)cc1. The summed E-state index contributed by atoms with van der Waals surface area (Å²) in [6.07, 6.45) is 0.162. The zero-order valence-electron chi connectivity index (χ0n) is 11.7. The van der Waals surface area contributed by atoms with Gasteiger partial charge in [-0.1, -0.05) is 11.6 Å². The number of carbonyl (C=O) groups is 2. The minimum atomic E-state index is -0.410. The van der Waals surface area contributed by atoms with E-state index in [4.69, 9.17) is 22.1 Å². The van der Waals surface area contributed by atoms with Gasteiger partial charge < -0.3 is 15.8 Å². The number of nitrogens with two attached hydrogens (primary N) is 1. The fourth-order valence-corrected chi connectivity index (χ4v) is 1.83. The molecule has 22 heavy (non-hydrogen) atoms. The van der Waals surface area contributed by atoms with Crippen LogP contribution in [0.5, 0.6) is 5.75 Å². The molecule has 0 aliphatic rings. The van der Waals surface area contributed by atoms with Crippen molar-refractivity contribution in [1.29, 1.82) is 0 Å². The van der Waals surface area contributed by atoms with Gasteiger partial charge in [0, 0.05) is 16.3 Å². The summed E-state index contributed by atoms with van der Waals surface area (Å²) in [7, 11) is 0. The van der Waals surface area contributed by atoms with E-state index in [1.54, 1.807) is 48.5 Å². The van der Waals surface area contributed by atoms with Gasteiger partial charge in [0.1, 0.15) is 5.75 Å². The predicted octanol–water partition coefficient (Wildman–Crippen LogP) is 2.85. The first-order chi connectivity index (χ1) is 10.5. The number of halogens is 1. The van der Waals surface area contributed by atoms with Crippen LogP contribution >= 0.6 is 11.6 Å². The highest BCUT2D eigenvalue weighted by atomic mass is 35.5. The molecule has 5 nitrogen and oxygen atoms in total. The molecule has 6 heteroatoms. The third kappa shape index (κ3) is 4.79. The van der Waals surface area contributed by atoms with Crippen LogP contribution in [0.2, 0.25) is 5.02 Å². The van der Waals surface area contributed by atoms with Gasteiger partial charge in [-0.25, -0.2) is 0 Å². The summed E-state index contributed by atoms with van der Waals surface area (Å²) in [4.78, 5) is 22.6. The van der Waals surface area contributed by atoms with Gasteiger partial charge in [0.15, 0.2) is 0 Å². The highest BCUT2D eigenvalue weighted by Crippen LogP contribution is 2.17. The van der Waals surface area contributed by atoms with Crippen LogP contribution in [0.4, 0.5) is 5.69 Å². The quantitative estimate of drug-likeness (QED) is 0.859. The van der Waals surface area contributed by atoms with Gasteiger partial charge in [0.2, 0.25) is 5.91 Å². The van der Waals surface area contributed by atoms with Crippen molar-refractivity contribution in [3.05, 3.63) is 59.1 Å². The highest BCUT2D eigenvalue weighted by Gasteiger charge is 2.06. The van der Waals surface area contributed by atoms with Crippen LogP contribution in [-0.2, 0) is 4.79 Å². The molecule has 3 N–H and O–H groups in total. The van der Waals surface area contributed by atoms with E-state index >= 15 is 0 Å². The topological polar surface area (TPSA) is 81.4 Å². The Hall–Kier alpha value is -2.53. The number of carbonyl (C=O) groups excluding carboxylic acids is 2. The van der Waals surface area contributed by atoms with Crippen molar-refractivity contribution in [2.75, 3.05) is 11.9 Å². The fourth-order valence-electron chi connectivity index (χ4n) is 1.71. The zero-order valence-corrected chi connectivity index (χ0v) is 12.5. The number of rotatable bonds is 6. The van der Waals surface area contributed by atoms with E-state index in [0.29, 0.717) is 22.0 Å². The first-order valence-corrected chi connectivity index (χ1v) is 7.00. The third-order valence-electron chi connectivity index (χ3n) is 2.84. The summed E-state index contributed by atoms with van der Waals surface area (Å²) < 4.78 is 5.35. The van der Waals surface area contributed by atoms with Crippen molar-refractivity contribution in [3.63, 3.8) is 0 Å². The van der Waals surface area contributed by atoms with E-state index in [0.717, 1.165) is 0 Å². The maximum absolute atomic E-state index is 12.0. The first-order valence-electron chi connectivity index (χ1n) is 6.62. The molecule has 0 heterocycles. The molecular weight excluding hydrogens is 304 g/mol. The lowest BCUT2D eigenvalue weighted by atomic mass is 10.2. The number of ether oxygens (including phenoxy) is 1. The summed E-state index contributed by atoms with van der Waals surface area (Å²) in [5.41, 5.74) is 6.19. The fraction of sp³-hybridized carbons (Fsp3) is 0.125. The lowest BCUT2D eigenvalue weighted by Gasteiger charge is -2.08. The van der Waals surface area contributed by atoms with Gasteiger partial charge >= 0.3 is 0 Å². The van der Waals surface area contributed by atoms with Crippen LogP contribution in [0.1, 0.15) is 16.8 Å². The van der Waals surface area contributed by atoms with E-state index in [1.165, 1.54) is 0 Å². The summed E-state index contributed by atoms with van der Waals surface area (Å²) in [5.74, 6) is -0.0309. The van der Waals surface area contributed by atoms with E-state index in [9.17, 15) is 9.59 Å². The number of hydrogen-bond donors (Lipinski definition) is 2. The standard InChI is InChI=1S/C16H15ClN2O3/c17-12-3-1-11(2-4-12)16(21)19-13-5-7-14(8-6-13)22-10-9-15(18)20/h1-8H,9-10H2,(H2,18,20)(H,19,21). The molecule has 0 spiro atoms. The molecule has 0 atom stereocenters. The third-order valence-corrected chi connectivity index (χ3v) is 3.09. The number of anilines is 1. The van der Waals surface area contributed by atoms with Gasteiger partial charge in [-0.15, -0.1) is 0 Å². The lowest BCUT2D eigenvalue weighted by Crippen LogP contribution is -2.14. The maximum atomic E-state index is 12.0. The number of hydrogen-bond acceptors (Lipinski definition) is 3. The number of primary amides is 1. The van der Waals surface area contributed by atoms with E-state index in [1.807, 2.05) is 0 Å². The summed E-state index contributed by atoms with van der Waals surface area (Å²) in [6, 6.07) is 13.5. The second-order valence-electron chi connectivity index (χ2n) is 4.55. The van der Waals surface area contributed by atoms with E-state index < -0.39 is 5.91 Å². The summed E-state index contributed by atoms with van der Waals surface area (Å²) in [6.45, 7) is 0.228. The molecule has 0 aliphatic carbocycles. The van der Waals surface area contributed by atoms with Crippen molar-refractivity contribution in [3.8, 4) is 5.75 Å². The first kappa shape index (κ1) is 15.9. The molecule has 0 saturated carbocycles. The Kier molecular flexibility index (Phi) is 5.38. The Morgan fingerprint density at radius 1 is 1.05 bits per heavy atom. The number of amides is 2. The minimum absolute atomic E-state index is 0.162. The van der Waals surface area contributed by atoms with Gasteiger partial charge in [0.05, 0.1) is 13.0 Å². The van der Waals surface area contributed by atoms with Crippen LogP contribution in [0.15, 0.2) is 48.5 Å². The molecular formula is C16H15ClN2O3. The number of nitrogens with one attached hydrogen (secondary N) is 1. The average Bonchev–Trinajstić information content (AvgIpc) is 2.49. The van der Waals surface area contributed by atoms with Crippen LogP contribution in [0, 0.1) is 0 Å². The summed E-state index contributed by atoms with van der Waals surface area (Å²) in [5, 5.41) is 3.35.